The lowest BCUT2D eigenvalue weighted by molar-refractivity contribution is -0.147. The summed E-state index contributed by atoms with van der Waals surface area (Å²) in [5, 5.41) is 12.0. The van der Waals surface area contributed by atoms with Crippen molar-refractivity contribution in [2.24, 2.45) is 0 Å². The molecule has 0 aliphatic carbocycles. The second-order valence-corrected chi connectivity index (χ2v) is 5.35. The van der Waals surface area contributed by atoms with E-state index in [9.17, 15) is 14.7 Å². The number of hydrogen-bond acceptors (Lipinski definition) is 3. The van der Waals surface area contributed by atoms with Crippen molar-refractivity contribution < 1.29 is 14.7 Å². The zero-order valence-corrected chi connectivity index (χ0v) is 12.9. The molecular formula is C14H24N4O3. The fourth-order valence-corrected chi connectivity index (χ4v) is 2.04. The van der Waals surface area contributed by atoms with Crippen LogP contribution in [0.2, 0.25) is 0 Å². The number of carboxylic acid groups (broad SMARTS) is 1. The van der Waals surface area contributed by atoms with Crippen molar-refractivity contribution in [3.63, 3.8) is 0 Å². The summed E-state index contributed by atoms with van der Waals surface area (Å²) in [5.74, 6) is -1.01. The summed E-state index contributed by atoms with van der Waals surface area (Å²) in [6.07, 6.45) is 7.13. The molecule has 0 fully saturated rings. The summed E-state index contributed by atoms with van der Waals surface area (Å²) in [7, 11) is 0. The number of likely N-dealkylation sites (N-methyl/N-ethyl adjacent to an activating group) is 1. The summed E-state index contributed by atoms with van der Waals surface area (Å²) in [6.45, 7) is 6.55. The normalized spacial score (nSPS) is 11.2. The van der Waals surface area contributed by atoms with E-state index in [1.165, 1.54) is 18.7 Å². The quantitative estimate of drug-likeness (QED) is 0.713. The predicted molar refractivity (Wildman–Crippen MR) is 79.0 cm³/mol. The maximum Gasteiger partial charge on any atom is 0.329 e. The van der Waals surface area contributed by atoms with Crippen molar-refractivity contribution in [1.29, 1.82) is 0 Å². The first-order valence-corrected chi connectivity index (χ1v) is 7.14. The number of aromatic nitrogens is 2. The van der Waals surface area contributed by atoms with Crippen LogP contribution < -0.4 is 5.32 Å². The first-order valence-electron chi connectivity index (χ1n) is 7.14. The highest BCUT2D eigenvalue weighted by atomic mass is 16.4. The van der Waals surface area contributed by atoms with Gasteiger partial charge in [-0.1, -0.05) is 0 Å². The lowest BCUT2D eigenvalue weighted by atomic mass is 10.0. The average molecular weight is 296 g/mol. The zero-order chi connectivity index (χ0) is 15.9. The molecule has 1 aromatic rings. The van der Waals surface area contributed by atoms with E-state index in [-0.39, 0.29) is 6.03 Å². The number of aliphatic carboxylic acids is 1. The molecule has 0 saturated heterocycles. The Morgan fingerprint density at radius 2 is 2.10 bits per heavy atom. The molecule has 0 bridgehead atoms. The SMILES string of the molecule is CCN(C(=O)NCCCCn1ccnc1)C(C)(C)C(=O)O. The van der Waals surface area contributed by atoms with Gasteiger partial charge in [-0.25, -0.2) is 14.6 Å². The van der Waals surface area contributed by atoms with Crippen molar-refractivity contribution >= 4 is 12.0 Å². The van der Waals surface area contributed by atoms with Gasteiger partial charge >= 0.3 is 12.0 Å². The van der Waals surface area contributed by atoms with Gasteiger partial charge in [0.15, 0.2) is 0 Å². The first-order chi connectivity index (χ1) is 9.89. The highest BCUT2D eigenvalue weighted by molar-refractivity contribution is 5.85. The van der Waals surface area contributed by atoms with Crippen molar-refractivity contribution in [3.8, 4) is 0 Å². The van der Waals surface area contributed by atoms with E-state index in [0.29, 0.717) is 13.1 Å². The summed E-state index contributed by atoms with van der Waals surface area (Å²) in [6, 6.07) is -0.340. The van der Waals surface area contributed by atoms with Crippen LogP contribution in [-0.4, -0.2) is 50.2 Å². The topological polar surface area (TPSA) is 87.5 Å². The zero-order valence-electron chi connectivity index (χ0n) is 12.9. The Morgan fingerprint density at radius 3 is 2.62 bits per heavy atom. The minimum atomic E-state index is -1.21. The van der Waals surface area contributed by atoms with E-state index in [1.807, 2.05) is 10.8 Å². The van der Waals surface area contributed by atoms with Crippen LogP contribution >= 0.6 is 0 Å². The third-order valence-corrected chi connectivity index (χ3v) is 3.44. The maximum absolute atomic E-state index is 12.1. The number of nitrogens with zero attached hydrogens (tertiary/aromatic N) is 3. The standard InChI is InChI=1S/C14H24N4O3/c1-4-18(14(2,3)12(19)20)13(21)16-7-5-6-9-17-10-8-15-11-17/h8,10-11H,4-7,9H2,1-3H3,(H,16,21)(H,19,20). The molecule has 1 aromatic heterocycles. The van der Waals surface area contributed by atoms with Gasteiger partial charge in [-0.15, -0.1) is 0 Å². The number of nitrogens with one attached hydrogen (secondary N) is 1. The predicted octanol–water partition coefficient (Wildman–Crippen LogP) is 1.56. The molecule has 7 heteroatoms. The van der Waals surface area contributed by atoms with Crippen molar-refractivity contribution in [1.82, 2.24) is 19.8 Å². The largest absolute Gasteiger partial charge is 0.480 e. The van der Waals surface area contributed by atoms with Gasteiger partial charge in [0.25, 0.3) is 0 Å². The summed E-state index contributed by atoms with van der Waals surface area (Å²) >= 11 is 0. The second kappa shape index (κ2) is 7.66. The number of carbonyl (C=O) groups is 2. The van der Waals surface area contributed by atoms with Gasteiger partial charge in [-0.05, 0) is 33.6 Å². The molecule has 118 valence electrons. The molecule has 0 atom stereocenters. The minimum absolute atomic E-state index is 0.340. The Labute approximate surface area is 125 Å². The Bertz CT molecular complexity index is 457. The van der Waals surface area contributed by atoms with E-state index in [0.717, 1.165) is 19.4 Å². The third kappa shape index (κ3) is 4.77. The van der Waals surface area contributed by atoms with Gasteiger partial charge in [0.05, 0.1) is 6.33 Å². The first kappa shape index (κ1) is 17.0. The maximum atomic E-state index is 12.1. The Hall–Kier alpha value is -2.05. The molecular weight excluding hydrogens is 272 g/mol. The number of carboxylic acids is 1. The molecule has 0 radical (unpaired) electrons. The fourth-order valence-electron chi connectivity index (χ4n) is 2.04. The summed E-state index contributed by atoms with van der Waals surface area (Å²) in [5.41, 5.74) is -1.21. The Morgan fingerprint density at radius 1 is 1.38 bits per heavy atom. The average Bonchev–Trinajstić information content (AvgIpc) is 2.91. The lowest BCUT2D eigenvalue weighted by Crippen LogP contribution is -2.56. The number of rotatable bonds is 8. The van der Waals surface area contributed by atoms with E-state index in [2.05, 4.69) is 10.3 Å². The van der Waals surface area contributed by atoms with Crippen LogP contribution in [0.4, 0.5) is 4.79 Å². The molecule has 0 aliphatic heterocycles. The second-order valence-electron chi connectivity index (χ2n) is 5.35. The highest BCUT2D eigenvalue weighted by Crippen LogP contribution is 2.14. The van der Waals surface area contributed by atoms with Crippen LogP contribution in [0.5, 0.6) is 0 Å². The number of hydrogen-bond donors (Lipinski definition) is 2. The van der Waals surface area contributed by atoms with Crippen LogP contribution in [0, 0.1) is 0 Å². The van der Waals surface area contributed by atoms with Gasteiger partial charge < -0.3 is 19.9 Å². The highest BCUT2D eigenvalue weighted by Gasteiger charge is 2.36. The molecule has 7 nitrogen and oxygen atoms in total. The number of imidazole rings is 1. The van der Waals surface area contributed by atoms with Gasteiger partial charge in [0.2, 0.25) is 0 Å². The van der Waals surface area contributed by atoms with E-state index in [1.54, 1.807) is 19.4 Å². The number of unbranched alkanes of at least 4 members (excludes halogenated alkanes) is 1. The van der Waals surface area contributed by atoms with Crippen molar-refractivity contribution in [2.75, 3.05) is 13.1 Å². The molecule has 2 N–H and O–H groups in total. The van der Waals surface area contributed by atoms with Crippen LogP contribution in [0.1, 0.15) is 33.6 Å². The van der Waals surface area contributed by atoms with Crippen LogP contribution in [-0.2, 0) is 11.3 Å². The van der Waals surface area contributed by atoms with Crippen LogP contribution in [0.25, 0.3) is 0 Å². The van der Waals surface area contributed by atoms with Crippen molar-refractivity contribution in [3.05, 3.63) is 18.7 Å². The third-order valence-electron chi connectivity index (χ3n) is 3.44. The molecule has 0 unspecified atom stereocenters. The van der Waals surface area contributed by atoms with Crippen molar-refractivity contribution in [2.45, 2.75) is 45.7 Å². The number of urea groups is 1. The van der Waals surface area contributed by atoms with Gasteiger partial charge in [-0.3, -0.25) is 0 Å². The van der Waals surface area contributed by atoms with Gasteiger partial charge in [0, 0.05) is 32.0 Å². The van der Waals surface area contributed by atoms with E-state index >= 15 is 0 Å². The van der Waals surface area contributed by atoms with Gasteiger partial charge in [0.1, 0.15) is 5.54 Å². The molecule has 1 heterocycles. The molecule has 0 saturated carbocycles. The van der Waals surface area contributed by atoms with E-state index < -0.39 is 11.5 Å². The Balaban J connectivity index is 2.33. The number of carbonyl (C=O) groups excluding carboxylic acids is 1. The number of aryl methyl sites for hydroxylation is 1. The van der Waals surface area contributed by atoms with Gasteiger partial charge in [-0.2, -0.15) is 0 Å². The molecule has 0 aliphatic rings. The molecule has 0 spiro atoms. The number of amides is 2. The van der Waals surface area contributed by atoms with E-state index in [4.69, 9.17) is 0 Å². The molecule has 1 rings (SSSR count). The van der Waals surface area contributed by atoms with Crippen LogP contribution in [0.3, 0.4) is 0 Å². The molecule has 0 aromatic carbocycles. The lowest BCUT2D eigenvalue weighted by Gasteiger charge is -2.34. The Kier molecular flexibility index (Phi) is 6.20. The van der Waals surface area contributed by atoms with Crippen LogP contribution in [0.15, 0.2) is 18.7 Å². The molecule has 2 amide bonds. The summed E-state index contributed by atoms with van der Waals surface area (Å²) in [4.78, 5) is 28.5. The molecule has 21 heavy (non-hydrogen) atoms. The fraction of sp³-hybridized carbons (Fsp3) is 0.643. The monoisotopic (exact) mass is 296 g/mol. The minimum Gasteiger partial charge on any atom is -0.480 e. The smallest absolute Gasteiger partial charge is 0.329 e. The summed E-state index contributed by atoms with van der Waals surface area (Å²) < 4.78 is 1.98.